The number of aromatic nitrogens is 1. The minimum atomic E-state index is -0.749. The summed E-state index contributed by atoms with van der Waals surface area (Å²) in [6, 6.07) is 11.2. The number of thiazole rings is 1. The van der Waals surface area contributed by atoms with Gasteiger partial charge in [-0.05, 0) is 30.3 Å². The Balaban J connectivity index is 1.63. The Morgan fingerprint density at radius 3 is 2.53 bits per heavy atom. The molecular weight excluding hydrogens is 410 g/mol. The van der Waals surface area contributed by atoms with E-state index < -0.39 is 24.5 Å². The fraction of sp³-hybridized carbons (Fsp3) is 0.150. The largest absolute Gasteiger partial charge is 0.465 e. The lowest BCUT2D eigenvalue weighted by molar-refractivity contribution is -0.119. The number of carbonyl (C=O) groups is 4. The van der Waals surface area contributed by atoms with E-state index in [1.54, 1.807) is 36.4 Å². The van der Waals surface area contributed by atoms with Crippen LogP contribution in [-0.2, 0) is 19.1 Å². The molecule has 0 unspecified atom stereocenters. The molecule has 0 bridgehead atoms. The number of amides is 2. The van der Waals surface area contributed by atoms with Crippen molar-refractivity contribution in [1.82, 2.24) is 4.98 Å². The average Bonchev–Trinajstić information content (AvgIpc) is 3.12. The van der Waals surface area contributed by atoms with Crippen molar-refractivity contribution in [3.8, 4) is 0 Å². The predicted octanol–water partition coefficient (Wildman–Crippen LogP) is 2.84. The maximum Gasteiger partial charge on any atom is 0.340 e. The quantitative estimate of drug-likeness (QED) is 0.580. The van der Waals surface area contributed by atoms with E-state index in [0.29, 0.717) is 26.6 Å². The monoisotopic (exact) mass is 427 g/mol. The Bertz CT molecular complexity index is 1140. The number of nitrogens with one attached hydrogen (secondary N) is 2. The SMILES string of the molecule is COC(=O)c1ccc2nc(NC(=O)COC(=O)c3ccccc3NC(C)=O)sc2c1. The normalized spacial score (nSPS) is 10.3. The van der Waals surface area contributed by atoms with Crippen molar-refractivity contribution in [3.63, 3.8) is 0 Å². The zero-order valence-corrected chi connectivity index (χ0v) is 16.9. The topological polar surface area (TPSA) is 124 Å². The molecule has 0 saturated heterocycles. The molecule has 1 heterocycles. The van der Waals surface area contributed by atoms with Gasteiger partial charge in [-0.3, -0.25) is 14.9 Å². The highest BCUT2D eigenvalue weighted by Gasteiger charge is 2.16. The van der Waals surface area contributed by atoms with Crippen LogP contribution in [0.3, 0.4) is 0 Å². The summed E-state index contributed by atoms with van der Waals surface area (Å²) < 4.78 is 10.4. The van der Waals surface area contributed by atoms with Crippen LogP contribution < -0.4 is 10.6 Å². The Morgan fingerprint density at radius 1 is 1.03 bits per heavy atom. The molecule has 0 radical (unpaired) electrons. The van der Waals surface area contributed by atoms with Crippen molar-refractivity contribution >= 4 is 56.1 Å². The van der Waals surface area contributed by atoms with Crippen LogP contribution in [0.1, 0.15) is 27.6 Å². The molecule has 2 N–H and O–H groups in total. The summed E-state index contributed by atoms with van der Waals surface area (Å²) in [6.45, 7) is 0.790. The van der Waals surface area contributed by atoms with Gasteiger partial charge in [-0.15, -0.1) is 0 Å². The molecule has 154 valence electrons. The number of carbonyl (C=O) groups excluding carboxylic acids is 4. The zero-order chi connectivity index (χ0) is 21.7. The summed E-state index contributed by atoms with van der Waals surface area (Å²) in [4.78, 5) is 51.5. The maximum absolute atomic E-state index is 12.3. The number of methoxy groups -OCH3 is 1. The summed E-state index contributed by atoms with van der Waals surface area (Å²) >= 11 is 1.17. The van der Waals surface area contributed by atoms with Gasteiger partial charge in [0.1, 0.15) is 0 Å². The molecule has 9 nitrogen and oxygen atoms in total. The van der Waals surface area contributed by atoms with Gasteiger partial charge in [-0.2, -0.15) is 0 Å². The van der Waals surface area contributed by atoms with E-state index in [-0.39, 0.29) is 11.5 Å². The second-order valence-corrected chi connectivity index (χ2v) is 7.07. The highest BCUT2D eigenvalue weighted by molar-refractivity contribution is 7.22. The second kappa shape index (κ2) is 9.14. The number of hydrogen-bond donors (Lipinski definition) is 2. The molecule has 0 spiro atoms. The van der Waals surface area contributed by atoms with Gasteiger partial charge in [-0.25, -0.2) is 14.6 Å². The third kappa shape index (κ3) is 4.97. The fourth-order valence-corrected chi connectivity index (χ4v) is 3.47. The molecular formula is C20H17N3O6S. The van der Waals surface area contributed by atoms with E-state index in [4.69, 9.17) is 4.74 Å². The Morgan fingerprint density at radius 2 is 1.80 bits per heavy atom. The van der Waals surface area contributed by atoms with Gasteiger partial charge in [0, 0.05) is 6.92 Å². The first-order valence-corrected chi connectivity index (χ1v) is 9.51. The average molecular weight is 427 g/mol. The van der Waals surface area contributed by atoms with Crippen LogP contribution in [0.25, 0.3) is 10.2 Å². The van der Waals surface area contributed by atoms with E-state index in [1.807, 2.05) is 0 Å². The smallest absolute Gasteiger partial charge is 0.340 e. The molecule has 30 heavy (non-hydrogen) atoms. The van der Waals surface area contributed by atoms with E-state index in [2.05, 4.69) is 20.4 Å². The molecule has 3 rings (SSSR count). The molecule has 3 aromatic rings. The van der Waals surface area contributed by atoms with Gasteiger partial charge >= 0.3 is 11.9 Å². The molecule has 0 atom stereocenters. The number of para-hydroxylation sites is 1. The highest BCUT2D eigenvalue weighted by atomic mass is 32.1. The number of hydrogen-bond acceptors (Lipinski definition) is 8. The van der Waals surface area contributed by atoms with E-state index in [9.17, 15) is 19.2 Å². The lowest BCUT2D eigenvalue weighted by Crippen LogP contribution is -2.21. The minimum Gasteiger partial charge on any atom is -0.465 e. The Labute approximate surface area is 175 Å². The standard InChI is InChI=1S/C20H17N3O6S/c1-11(24)21-14-6-4-3-5-13(14)19(27)29-10-17(25)23-20-22-15-8-7-12(18(26)28-2)9-16(15)30-20/h3-9H,10H2,1-2H3,(H,21,24)(H,22,23,25). The number of esters is 2. The van der Waals surface area contributed by atoms with E-state index in [1.165, 1.54) is 31.4 Å². The molecule has 0 aliphatic carbocycles. The lowest BCUT2D eigenvalue weighted by Gasteiger charge is -2.09. The van der Waals surface area contributed by atoms with Gasteiger partial charge in [0.05, 0.1) is 34.1 Å². The van der Waals surface area contributed by atoms with E-state index >= 15 is 0 Å². The molecule has 0 saturated carbocycles. The summed E-state index contributed by atoms with van der Waals surface area (Å²) in [6.07, 6.45) is 0. The second-order valence-electron chi connectivity index (χ2n) is 6.04. The molecule has 0 aliphatic heterocycles. The molecule has 10 heteroatoms. The van der Waals surface area contributed by atoms with Crippen molar-refractivity contribution in [1.29, 1.82) is 0 Å². The first-order chi connectivity index (χ1) is 14.4. The number of nitrogens with zero attached hydrogens (tertiary/aromatic N) is 1. The van der Waals surface area contributed by atoms with Crippen molar-refractivity contribution < 1.29 is 28.7 Å². The summed E-state index contributed by atoms with van der Waals surface area (Å²) in [5.41, 5.74) is 1.40. The number of ether oxygens (including phenoxy) is 2. The Hall–Kier alpha value is -3.79. The molecule has 2 amide bonds. The predicted molar refractivity (Wildman–Crippen MR) is 111 cm³/mol. The van der Waals surface area contributed by atoms with Crippen LogP contribution in [-0.4, -0.2) is 42.5 Å². The van der Waals surface area contributed by atoms with Gasteiger partial charge < -0.3 is 14.8 Å². The minimum absolute atomic E-state index is 0.135. The van der Waals surface area contributed by atoms with Gasteiger partial charge in [0.15, 0.2) is 11.7 Å². The van der Waals surface area contributed by atoms with Gasteiger partial charge in [0.2, 0.25) is 5.91 Å². The fourth-order valence-electron chi connectivity index (χ4n) is 2.55. The van der Waals surface area contributed by atoms with Crippen molar-refractivity contribution in [3.05, 3.63) is 53.6 Å². The van der Waals surface area contributed by atoms with Crippen LogP contribution >= 0.6 is 11.3 Å². The number of benzene rings is 2. The molecule has 1 aromatic heterocycles. The zero-order valence-electron chi connectivity index (χ0n) is 16.1. The third-order valence-electron chi connectivity index (χ3n) is 3.85. The number of anilines is 2. The van der Waals surface area contributed by atoms with Crippen LogP contribution in [0.15, 0.2) is 42.5 Å². The first-order valence-electron chi connectivity index (χ1n) is 8.70. The summed E-state index contributed by atoms with van der Waals surface area (Å²) in [5.74, 6) is -2.13. The summed E-state index contributed by atoms with van der Waals surface area (Å²) in [5, 5.41) is 5.38. The van der Waals surface area contributed by atoms with Crippen molar-refractivity contribution in [2.75, 3.05) is 24.4 Å². The lowest BCUT2D eigenvalue weighted by atomic mass is 10.2. The Kier molecular flexibility index (Phi) is 6.38. The molecule has 2 aromatic carbocycles. The van der Waals surface area contributed by atoms with E-state index in [0.717, 1.165) is 0 Å². The van der Waals surface area contributed by atoms with Crippen LogP contribution in [0.2, 0.25) is 0 Å². The van der Waals surface area contributed by atoms with Crippen molar-refractivity contribution in [2.45, 2.75) is 6.92 Å². The van der Waals surface area contributed by atoms with Gasteiger partial charge in [0.25, 0.3) is 5.91 Å². The van der Waals surface area contributed by atoms with Crippen LogP contribution in [0, 0.1) is 0 Å². The summed E-state index contributed by atoms with van der Waals surface area (Å²) in [7, 11) is 1.29. The number of fused-ring (bicyclic) bond motifs is 1. The van der Waals surface area contributed by atoms with Crippen LogP contribution in [0.4, 0.5) is 10.8 Å². The number of rotatable bonds is 6. The maximum atomic E-state index is 12.3. The first kappa shape index (κ1) is 20.9. The van der Waals surface area contributed by atoms with Crippen LogP contribution in [0.5, 0.6) is 0 Å². The third-order valence-corrected chi connectivity index (χ3v) is 4.78. The van der Waals surface area contributed by atoms with Gasteiger partial charge in [-0.1, -0.05) is 23.5 Å². The van der Waals surface area contributed by atoms with Crippen molar-refractivity contribution in [2.24, 2.45) is 0 Å². The highest BCUT2D eigenvalue weighted by Crippen LogP contribution is 2.27. The molecule has 0 fully saturated rings. The molecule has 0 aliphatic rings.